The highest BCUT2D eigenvalue weighted by Gasteiger charge is 2.07. The predicted molar refractivity (Wildman–Crippen MR) is 31.2 cm³/mol. The molecule has 0 radical (unpaired) electrons. The molecule has 0 unspecified atom stereocenters. The number of aromatic amines is 1. The van der Waals surface area contributed by atoms with Gasteiger partial charge in [-0.2, -0.15) is 14.6 Å². The summed E-state index contributed by atoms with van der Waals surface area (Å²) in [6.45, 7) is 0. The third-order valence-corrected chi connectivity index (χ3v) is 0.958. The van der Waals surface area contributed by atoms with Crippen LogP contribution in [0.15, 0.2) is 4.79 Å². The van der Waals surface area contributed by atoms with Gasteiger partial charge in [0.1, 0.15) is 6.07 Å². The lowest BCUT2D eigenvalue weighted by molar-refractivity contribution is 0.395. The first-order valence-corrected chi connectivity index (χ1v) is 2.54. The molecule has 2 N–H and O–H groups in total. The van der Waals surface area contributed by atoms with Gasteiger partial charge in [0.25, 0.3) is 11.5 Å². The van der Waals surface area contributed by atoms with Crippen LogP contribution in [0.4, 0.5) is 4.39 Å². The Morgan fingerprint density at radius 3 is 2.91 bits per heavy atom. The Morgan fingerprint density at radius 1 is 1.73 bits per heavy atom. The largest absolute Gasteiger partial charge is 0.491 e. The summed E-state index contributed by atoms with van der Waals surface area (Å²) in [4.78, 5) is 15.1. The van der Waals surface area contributed by atoms with Crippen LogP contribution in [0.25, 0.3) is 0 Å². The van der Waals surface area contributed by atoms with Crippen LogP contribution in [0.5, 0.6) is 5.88 Å². The summed E-state index contributed by atoms with van der Waals surface area (Å²) < 4.78 is 12.3. The van der Waals surface area contributed by atoms with Gasteiger partial charge in [0, 0.05) is 0 Å². The molecule has 1 heterocycles. The van der Waals surface area contributed by atoms with Gasteiger partial charge in [-0.3, -0.25) is 9.78 Å². The van der Waals surface area contributed by atoms with Crippen molar-refractivity contribution in [3.63, 3.8) is 0 Å². The number of hydrogen-bond donors (Lipinski definition) is 2. The van der Waals surface area contributed by atoms with Crippen molar-refractivity contribution in [2.75, 3.05) is 0 Å². The van der Waals surface area contributed by atoms with E-state index in [0.717, 1.165) is 0 Å². The number of halogens is 1. The molecule has 1 rings (SSSR count). The SMILES string of the molecule is N#Cc1nc(F)c(O)[nH]c1=O. The van der Waals surface area contributed by atoms with Crippen LogP contribution in [0, 0.1) is 17.3 Å². The van der Waals surface area contributed by atoms with Crippen LogP contribution in [0.1, 0.15) is 5.69 Å². The Hall–Kier alpha value is -1.90. The molecule has 1 aromatic heterocycles. The summed E-state index contributed by atoms with van der Waals surface area (Å²) in [5.41, 5.74) is -1.52. The number of nitriles is 1. The zero-order valence-electron chi connectivity index (χ0n) is 5.13. The zero-order chi connectivity index (χ0) is 8.43. The van der Waals surface area contributed by atoms with Gasteiger partial charge in [-0.05, 0) is 0 Å². The van der Waals surface area contributed by atoms with E-state index in [4.69, 9.17) is 10.4 Å². The van der Waals surface area contributed by atoms with Crippen molar-refractivity contribution < 1.29 is 9.50 Å². The first kappa shape index (κ1) is 7.21. The molecular formula is C5H2FN3O2. The summed E-state index contributed by atoms with van der Waals surface area (Å²) in [7, 11) is 0. The van der Waals surface area contributed by atoms with Crippen LogP contribution in [0.2, 0.25) is 0 Å². The number of hydrogen-bond acceptors (Lipinski definition) is 4. The molecule has 1 aromatic rings. The van der Waals surface area contributed by atoms with Crippen LogP contribution in [-0.2, 0) is 0 Å². The summed E-state index contributed by atoms with van der Waals surface area (Å²) >= 11 is 0. The van der Waals surface area contributed by atoms with Crippen molar-refractivity contribution >= 4 is 0 Å². The molecular weight excluding hydrogens is 153 g/mol. The lowest BCUT2D eigenvalue weighted by Gasteiger charge is -1.91. The molecule has 0 bridgehead atoms. The summed E-state index contributed by atoms with van der Waals surface area (Å²) in [6.07, 6.45) is 0. The van der Waals surface area contributed by atoms with E-state index in [2.05, 4.69) is 4.98 Å². The van der Waals surface area contributed by atoms with Gasteiger partial charge in [-0.1, -0.05) is 0 Å². The van der Waals surface area contributed by atoms with Crippen molar-refractivity contribution in [3.05, 3.63) is 22.0 Å². The van der Waals surface area contributed by atoms with Crippen LogP contribution < -0.4 is 5.56 Å². The molecule has 0 fully saturated rings. The molecule has 0 atom stereocenters. The first-order valence-electron chi connectivity index (χ1n) is 2.54. The highest BCUT2D eigenvalue weighted by molar-refractivity contribution is 5.18. The van der Waals surface area contributed by atoms with Crippen molar-refractivity contribution in [3.8, 4) is 11.9 Å². The first-order chi connectivity index (χ1) is 5.15. The smallest absolute Gasteiger partial charge is 0.287 e. The maximum absolute atomic E-state index is 12.3. The van der Waals surface area contributed by atoms with E-state index in [1.54, 1.807) is 4.98 Å². The molecule has 56 valence electrons. The fraction of sp³-hybridized carbons (Fsp3) is 0. The monoisotopic (exact) mass is 155 g/mol. The second-order valence-corrected chi connectivity index (χ2v) is 1.67. The van der Waals surface area contributed by atoms with Gasteiger partial charge in [0.05, 0.1) is 0 Å². The highest BCUT2D eigenvalue weighted by atomic mass is 19.1. The minimum atomic E-state index is -1.26. The van der Waals surface area contributed by atoms with E-state index in [1.807, 2.05) is 0 Å². The molecule has 0 aliphatic heterocycles. The van der Waals surface area contributed by atoms with Crippen LogP contribution >= 0.6 is 0 Å². The lowest BCUT2D eigenvalue weighted by Crippen LogP contribution is -2.13. The molecule has 0 aliphatic carbocycles. The minimum Gasteiger partial charge on any atom is -0.491 e. The molecule has 6 heteroatoms. The average Bonchev–Trinajstić information content (AvgIpc) is 1.97. The maximum Gasteiger partial charge on any atom is 0.287 e. The minimum absolute atomic E-state index is 0.611. The topological polar surface area (TPSA) is 89.8 Å². The maximum atomic E-state index is 12.3. The second kappa shape index (κ2) is 2.38. The van der Waals surface area contributed by atoms with Crippen molar-refractivity contribution in [2.24, 2.45) is 0 Å². The van der Waals surface area contributed by atoms with Gasteiger partial charge in [-0.25, -0.2) is 0 Å². The standard InChI is InChI=1S/C5H2FN3O2/c6-3-5(11)9-4(10)2(1-7)8-3/h(H2,9,10,11). The van der Waals surface area contributed by atoms with E-state index in [9.17, 15) is 9.18 Å². The highest BCUT2D eigenvalue weighted by Crippen LogP contribution is 2.03. The number of aromatic nitrogens is 2. The average molecular weight is 155 g/mol. The van der Waals surface area contributed by atoms with Gasteiger partial charge in [0.2, 0.25) is 11.6 Å². The molecule has 0 aliphatic rings. The van der Waals surface area contributed by atoms with Crippen molar-refractivity contribution in [1.82, 2.24) is 9.97 Å². The Bertz CT molecular complexity index is 378. The van der Waals surface area contributed by atoms with Gasteiger partial charge < -0.3 is 5.11 Å². The molecule has 0 saturated carbocycles. The number of aromatic hydroxyl groups is 1. The lowest BCUT2D eigenvalue weighted by atomic mass is 10.5. The Labute approximate surface area is 59.7 Å². The Morgan fingerprint density at radius 2 is 2.36 bits per heavy atom. The van der Waals surface area contributed by atoms with E-state index in [0.29, 0.717) is 0 Å². The number of rotatable bonds is 0. The fourth-order valence-corrected chi connectivity index (χ4v) is 0.496. The van der Waals surface area contributed by atoms with Gasteiger partial charge in [-0.15, -0.1) is 0 Å². The van der Waals surface area contributed by atoms with E-state index >= 15 is 0 Å². The summed E-state index contributed by atoms with van der Waals surface area (Å²) in [5, 5.41) is 16.7. The predicted octanol–water partition coefficient (Wildman–Crippen LogP) is -0.514. The van der Waals surface area contributed by atoms with E-state index in [1.165, 1.54) is 6.07 Å². The van der Waals surface area contributed by atoms with Crippen LogP contribution in [-0.4, -0.2) is 15.1 Å². The molecule has 0 spiro atoms. The Balaban J connectivity index is 3.48. The number of nitrogens with one attached hydrogen (secondary N) is 1. The quantitative estimate of drug-likeness (QED) is 0.527. The normalized spacial score (nSPS) is 9.09. The van der Waals surface area contributed by atoms with Gasteiger partial charge >= 0.3 is 0 Å². The molecule has 0 saturated heterocycles. The van der Waals surface area contributed by atoms with E-state index in [-0.39, 0.29) is 0 Å². The fourth-order valence-electron chi connectivity index (χ4n) is 0.496. The Kier molecular flexibility index (Phi) is 1.56. The third kappa shape index (κ3) is 1.16. The molecule has 0 aromatic carbocycles. The van der Waals surface area contributed by atoms with Crippen LogP contribution in [0.3, 0.4) is 0 Å². The second-order valence-electron chi connectivity index (χ2n) is 1.67. The molecule has 5 nitrogen and oxygen atoms in total. The third-order valence-electron chi connectivity index (χ3n) is 0.958. The van der Waals surface area contributed by atoms with E-state index < -0.39 is 23.1 Å². The molecule has 0 amide bonds. The van der Waals surface area contributed by atoms with Crippen molar-refractivity contribution in [2.45, 2.75) is 0 Å². The number of nitrogens with zero attached hydrogens (tertiary/aromatic N) is 2. The van der Waals surface area contributed by atoms with Crippen molar-refractivity contribution in [1.29, 1.82) is 5.26 Å². The summed E-state index contributed by atoms with van der Waals surface area (Å²) in [5.74, 6) is -2.23. The van der Waals surface area contributed by atoms with Gasteiger partial charge in [0.15, 0.2) is 0 Å². The summed E-state index contributed by atoms with van der Waals surface area (Å²) in [6, 6.07) is 1.36. The zero-order valence-corrected chi connectivity index (χ0v) is 5.13. The molecule has 11 heavy (non-hydrogen) atoms. The number of H-pyrrole nitrogens is 1.